The first-order valence-corrected chi connectivity index (χ1v) is 3.17. The first-order valence-electron chi connectivity index (χ1n) is 3.17. The molecule has 0 amide bonds. The van der Waals surface area contributed by atoms with Crippen molar-refractivity contribution in [2.24, 2.45) is 0 Å². The minimum Gasteiger partial charge on any atom is -0.462 e. The maximum absolute atomic E-state index is 10.6. The van der Waals surface area contributed by atoms with Crippen molar-refractivity contribution in [2.75, 3.05) is 6.54 Å². The van der Waals surface area contributed by atoms with E-state index < -0.39 is 0 Å². The summed E-state index contributed by atoms with van der Waals surface area (Å²) in [6.45, 7) is 0.144. The van der Waals surface area contributed by atoms with Gasteiger partial charge in [-0.05, 0) is 12.8 Å². The molecule has 0 aliphatic heterocycles. The number of ether oxygens (including phenoxy) is 1. The Balaban J connectivity index is 2.02. The van der Waals surface area contributed by atoms with Crippen LogP contribution in [0.15, 0.2) is 0 Å². The molecule has 0 aromatic carbocycles. The number of carbonyl (C=O) groups is 1. The van der Waals surface area contributed by atoms with Crippen molar-refractivity contribution in [2.45, 2.75) is 25.4 Å². The molecule has 0 aromatic rings. The lowest BCUT2D eigenvalue weighted by atomic mass is 10.4. The van der Waals surface area contributed by atoms with E-state index in [0.717, 1.165) is 12.8 Å². The molecule has 51 valence electrons. The van der Waals surface area contributed by atoms with Crippen LogP contribution in [0.2, 0.25) is 0 Å². The Morgan fingerprint density at radius 2 is 2.33 bits per heavy atom. The Bertz CT molecular complexity index is 110. The summed E-state index contributed by atoms with van der Waals surface area (Å²) >= 11 is 0. The Morgan fingerprint density at radius 1 is 1.67 bits per heavy atom. The summed E-state index contributed by atoms with van der Waals surface area (Å²) in [4.78, 5) is 10.6. The van der Waals surface area contributed by atoms with Gasteiger partial charge in [-0.25, -0.2) is 0 Å². The minimum absolute atomic E-state index is 0.144. The van der Waals surface area contributed by atoms with E-state index in [1.807, 2.05) is 0 Å². The quantitative estimate of drug-likeness (QED) is 0.515. The maximum atomic E-state index is 10.6. The smallest absolute Gasteiger partial charge is 0.307 e. The molecule has 0 atom stereocenters. The van der Waals surface area contributed by atoms with Crippen molar-refractivity contribution >= 4 is 5.97 Å². The van der Waals surface area contributed by atoms with Crippen LogP contribution in [0.1, 0.15) is 19.3 Å². The van der Waals surface area contributed by atoms with Crippen LogP contribution in [-0.2, 0) is 9.53 Å². The largest absolute Gasteiger partial charge is 0.462 e. The van der Waals surface area contributed by atoms with E-state index in [1.165, 1.54) is 0 Å². The van der Waals surface area contributed by atoms with Crippen LogP contribution in [-0.4, -0.2) is 18.6 Å². The topological polar surface area (TPSA) is 50.1 Å². The maximum Gasteiger partial charge on any atom is 0.307 e. The Labute approximate surface area is 54.2 Å². The molecule has 1 saturated carbocycles. The normalized spacial score (nSPS) is 17.4. The summed E-state index contributed by atoms with van der Waals surface area (Å²) in [5.41, 5.74) is 6.70. The van der Waals surface area contributed by atoms with Crippen molar-refractivity contribution in [1.29, 1.82) is 0 Å². The van der Waals surface area contributed by atoms with Gasteiger partial charge in [0.2, 0.25) is 0 Å². The van der Waals surface area contributed by atoms with E-state index in [4.69, 9.17) is 10.5 Å². The highest BCUT2D eigenvalue weighted by Gasteiger charge is 2.25. The lowest BCUT2D eigenvalue weighted by Gasteiger charge is -1.98. The van der Waals surface area contributed by atoms with Gasteiger partial charge in [-0.3, -0.25) is 10.5 Å². The molecule has 0 unspecified atom stereocenters. The summed E-state index contributed by atoms with van der Waals surface area (Å²) in [7, 11) is 0. The van der Waals surface area contributed by atoms with E-state index >= 15 is 0 Å². The van der Waals surface area contributed by atoms with Crippen molar-refractivity contribution in [3.05, 3.63) is 0 Å². The van der Waals surface area contributed by atoms with Crippen molar-refractivity contribution < 1.29 is 9.53 Å². The zero-order chi connectivity index (χ0) is 6.69. The zero-order valence-electron chi connectivity index (χ0n) is 5.22. The van der Waals surface area contributed by atoms with E-state index in [0.29, 0.717) is 0 Å². The molecule has 0 spiro atoms. The van der Waals surface area contributed by atoms with Gasteiger partial charge in [0.05, 0.1) is 6.42 Å². The molecule has 1 fully saturated rings. The molecule has 1 N–H and O–H groups in total. The van der Waals surface area contributed by atoms with Crippen molar-refractivity contribution in [3.8, 4) is 0 Å². The second-order valence-corrected chi connectivity index (χ2v) is 2.19. The van der Waals surface area contributed by atoms with Gasteiger partial charge in [0.15, 0.2) is 0 Å². The highest BCUT2D eigenvalue weighted by Crippen LogP contribution is 2.23. The van der Waals surface area contributed by atoms with Gasteiger partial charge in [-0.2, -0.15) is 0 Å². The van der Waals surface area contributed by atoms with Crippen molar-refractivity contribution in [1.82, 2.24) is 5.73 Å². The number of carbonyl (C=O) groups excluding carboxylic acids is 1. The Hall–Kier alpha value is -0.570. The number of hydrogen-bond donors (Lipinski definition) is 0. The zero-order valence-corrected chi connectivity index (χ0v) is 5.22. The summed E-state index contributed by atoms with van der Waals surface area (Å²) in [5, 5.41) is 0. The SMILES string of the molecule is [NH]CCC(=O)OC1CC1. The van der Waals surface area contributed by atoms with Crippen LogP contribution in [0.25, 0.3) is 0 Å². The van der Waals surface area contributed by atoms with Gasteiger partial charge in [-0.1, -0.05) is 0 Å². The third-order valence-electron chi connectivity index (χ3n) is 1.15. The highest BCUT2D eigenvalue weighted by atomic mass is 16.5. The molecular formula is C6H10NO2. The van der Waals surface area contributed by atoms with Crippen LogP contribution < -0.4 is 5.73 Å². The average Bonchev–Trinajstić information content (AvgIpc) is 2.50. The Morgan fingerprint density at radius 3 is 2.78 bits per heavy atom. The molecule has 0 bridgehead atoms. The van der Waals surface area contributed by atoms with Crippen LogP contribution in [0.4, 0.5) is 0 Å². The third-order valence-corrected chi connectivity index (χ3v) is 1.15. The van der Waals surface area contributed by atoms with E-state index in [-0.39, 0.29) is 25.0 Å². The second kappa shape index (κ2) is 2.82. The highest BCUT2D eigenvalue weighted by molar-refractivity contribution is 5.69. The fourth-order valence-electron chi connectivity index (χ4n) is 0.533. The van der Waals surface area contributed by atoms with Gasteiger partial charge < -0.3 is 4.74 Å². The van der Waals surface area contributed by atoms with Gasteiger partial charge in [-0.15, -0.1) is 0 Å². The monoisotopic (exact) mass is 128 g/mol. The van der Waals surface area contributed by atoms with Crippen LogP contribution in [0.5, 0.6) is 0 Å². The van der Waals surface area contributed by atoms with Gasteiger partial charge >= 0.3 is 5.97 Å². The summed E-state index contributed by atoms with van der Waals surface area (Å²) in [5.74, 6) is -0.215. The van der Waals surface area contributed by atoms with Gasteiger partial charge in [0.25, 0.3) is 0 Å². The van der Waals surface area contributed by atoms with Crippen LogP contribution in [0.3, 0.4) is 0 Å². The number of esters is 1. The predicted molar refractivity (Wildman–Crippen MR) is 31.7 cm³/mol. The van der Waals surface area contributed by atoms with E-state index in [1.54, 1.807) is 0 Å². The lowest BCUT2D eigenvalue weighted by Crippen LogP contribution is -2.07. The average molecular weight is 128 g/mol. The van der Waals surface area contributed by atoms with Crippen LogP contribution >= 0.6 is 0 Å². The predicted octanol–water partition coefficient (Wildman–Crippen LogP) is 0.365. The second-order valence-electron chi connectivity index (χ2n) is 2.19. The van der Waals surface area contributed by atoms with Gasteiger partial charge in [0.1, 0.15) is 6.10 Å². The van der Waals surface area contributed by atoms with E-state index in [9.17, 15) is 4.79 Å². The molecule has 1 aliphatic carbocycles. The third kappa shape index (κ3) is 2.46. The van der Waals surface area contributed by atoms with E-state index in [2.05, 4.69) is 0 Å². The summed E-state index contributed by atoms with van der Waals surface area (Å²) < 4.78 is 4.84. The fourth-order valence-corrected chi connectivity index (χ4v) is 0.533. The van der Waals surface area contributed by atoms with Crippen molar-refractivity contribution in [3.63, 3.8) is 0 Å². The first kappa shape index (κ1) is 6.55. The molecule has 1 aliphatic rings. The minimum atomic E-state index is -0.215. The molecule has 3 nitrogen and oxygen atoms in total. The molecular weight excluding hydrogens is 118 g/mol. The first-order chi connectivity index (χ1) is 4.33. The molecule has 1 rings (SSSR count). The van der Waals surface area contributed by atoms with Crippen LogP contribution in [0, 0.1) is 0 Å². The Kier molecular flexibility index (Phi) is 2.05. The molecule has 0 heterocycles. The number of hydrogen-bond acceptors (Lipinski definition) is 2. The van der Waals surface area contributed by atoms with Gasteiger partial charge in [0, 0.05) is 6.54 Å². The number of rotatable bonds is 3. The lowest BCUT2D eigenvalue weighted by molar-refractivity contribution is -0.144. The molecule has 3 heteroatoms. The molecule has 0 saturated heterocycles. The molecule has 9 heavy (non-hydrogen) atoms. The molecule has 0 aromatic heterocycles. The number of nitrogens with one attached hydrogen (secondary N) is 1. The summed E-state index contributed by atoms with van der Waals surface area (Å²) in [6.07, 6.45) is 2.48. The fraction of sp³-hybridized carbons (Fsp3) is 0.833. The summed E-state index contributed by atoms with van der Waals surface area (Å²) in [6, 6.07) is 0. The standard InChI is InChI=1S/C6H10NO2/c7-4-3-6(8)9-5-1-2-5/h5,7H,1-4H2. The molecule has 1 radical (unpaired) electrons.